The number of rotatable bonds is 2. The van der Waals surface area contributed by atoms with Crippen LogP contribution in [0.1, 0.15) is 27.9 Å². The number of fused-ring (bicyclic) bond motifs is 1. The Morgan fingerprint density at radius 1 is 1.10 bits per heavy atom. The molecular formula is C16H14N2O2. The number of hydrogen-bond acceptors (Lipinski definition) is 3. The Morgan fingerprint density at radius 3 is 2.80 bits per heavy atom. The van der Waals surface area contributed by atoms with Gasteiger partial charge in [0, 0.05) is 11.1 Å². The van der Waals surface area contributed by atoms with Crippen LogP contribution in [0.5, 0.6) is 5.75 Å². The molecule has 0 heterocycles. The number of aryl methyl sites for hydroxylation is 1. The largest absolute Gasteiger partial charge is 0.508 e. The van der Waals surface area contributed by atoms with Crippen LogP contribution in [0, 0.1) is 0 Å². The highest BCUT2D eigenvalue weighted by molar-refractivity contribution is 6.05. The third kappa shape index (κ3) is 2.40. The van der Waals surface area contributed by atoms with Crippen molar-refractivity contribution in [2.24, 2.45) is 5.10 Å². The van der Waals surface area contributed by atoms with E-state index < -0.39 is 0 Å². The minimum atomic E-state index is -0.321. The lowest BCUT2D eigenvalue weighted by atomic mass is 10.1. The number of carbonyl (C=O) groups is 1. The summed E-state index contributed by atoms with van der Waals surface area (Å²) in [5.41, 5.74) is 6.20. The van der Waals surface area contributed by atoms with E-state index >= 15 is 0 Å². The SMILES string of the molecule is O=C(N/N=C1/CCc2ccccc21)c1cccc(O)c1. The van der Waals surface area contributed by atoms with Gasteiger partial charge in [0.25, 0.3) is 5.91 Å². The number of aromatic hydroxyl groups is 1. The molecule has 0 aliphatic heterocycles. The number of nitrogens with zero attached hydrogens (tertiary/aromatic N) is 1. The van der Waals surface area contributed by atoms with Crippen molar-refractivity contribution >= 4 is 11.6 Å². The van der Waals surface area contributed by atoms with Crippen LogP contribution in [0.15, 0.2) is 53.6 Å². The van der Waals surface area contributed by atoms with E-state index in [1.807, 2.05) is 18.2 Å². The fourth-order valence-electron chi connectivity index (χ4n) is 2.35. The second-order valence-electron chi connectivity index (χ2n) is 4.71. The molecule has 0 saturated carbocycles. The van der Waals surface area contributed by atoms with Crippen molar-refractivity contribution in [1.82, 2.24) is 5.43 Å². The summed E-state index contributed by atoms with van der Waals surface area (Å²) in [7, 11) is 0. The summed E-state index contributed by atoms with van der Waals surface area (Å²) in [5, 5.41) is 13.6. The standard InChI is InChI=1S/C16H14N2O2/c19-13-6-3-5-12(10-13)16(20)18-17-15-9-8-11-4-1-2-7-14(11)15/h1-7,10,19H,8-9H2,(H,18,20)/b17-15-. The molecule has 1 aliphatic rings. The molecule has 4 nitrogen and oxygen atoms in total. The summed E-state index contributed by atoms with van der Waals surface area (Å²) >= 11 is 0. The first-order chi connectivity index (χ1) is 9.74. The Morgan fingerprint density at radius 2 is 1.95 bits per heavy atom. The van der Waals surface area contributed by atoms with E-state index in [1.54, 1.807) is 12.1 Å². The van der Waals surface area contributed by atoms with Crippen LogP contribution in [0.2, 0.25) is 0 Å². The molecule has 1 amide bonds. The van der Waals surface area contributed by atoms with E-state index in [4.69, 9.17) is 0 Å². The molecule has 2 N–H and O–H groups in total. The summed E-state index contributed by atoms with van der Waals surface area (Å²) in [5.74, 6) is -0.255. The van der Waals surface area contributed by atoms with Crippen molar-refractivity contribution in [2.45, 2.75) is 12.8 Å². The average molecular weight is 266 g/mol. The number of nitrogens with one attached hydrogen (secondary N) is 1. The molecule has 0 fully saturated rings. The molecule has 100 valence electrons. The maximum Gasteiger partial charge on any atom is 0.271 e. The van der Waals surface area contributed by atoms with Crippen molar-refractivity contribution in [3.05, 3.63) is 65.2 Å². The van der Waals surface area contributed by atoms with Gasteiger partial charge in [-0.15, -0.1) is 0 Å². The highest BCUT2D eigenvalue weighted by Gasteiger charge is 2.17. The summed E-state index contributed by atoms with van der Waals surface area (Å²) in [4.78, 5) is 11.9. The van der Waals surface area contributed by atoms with Crippen LogP contribution >= 0.6 is 0 Å². The smallest absolute Gasteiger partial charge is 0.271 e. The molecule has 2 aromatic carbocycles. The molecule has 4 heteroatoms. The van der Waals surface area contributed by atoms with E-state index in [0.717, 1.165) is 24.1 Å². The zero-order chi connectivity index (χ0) is 13.9. The lowest BCUT2D eigenvalue weighted by Crippen LogP contribution is -2.19. The molecule has 0 atom stereocenters. The number of carbonyl (C=O) groups excluding carboxylic acids is 1. The van der Waals surface area contributed by atoms with Gasteiger partial charge in [-0.2, -0.15) is 5.10 Å². The number of phenolic OH excluding ortho intramolecular Hbond substituents is 1. The van der Waals surface area contributed by atoms with Gasteiger partial charge >= 0.3 is 0 Å². The Balaban J connectivity index is 1.77. The van der Waals surface area contributed by atoms with Crippen molar-refractivity contribution in [2.75, 3.05) is 0 Å². The highest BCUT2D eigenvalue weighted by atomic mass is 16.3. The Bertz CT molecular complexity index is 692. The van der Waals surface area contributed by atoms with E-state index in [9.17, 15) is 9.90 Å². The Labute approximate surface area is 116 Å². The molecule has 0 bridgehead atoms. The first-order valence-corrected chi connectivity index (χ1v) is 6.48. The maximum atomic E-state index is 11.9. The van der Waals surface area contributed by atoms with Crippen LogP contribution in [0.4, 0.5) is 0 Å². The molecule has 0 aromatic heterocycles. The van der Waals surface area contributed by atoms with Crippen LogP contribution in [-0.4, -0.2) is 16.7 Å². The van der Waals surface area contributed by atoms with Crippen LogP contribution in [0.25, 0.3) is 0 Å². The topological polar surface area (TPSA) is 61.7 Å². The quantitative estimate of drug-likeness (QED) is 0.820. The van der Waals surface area contributed by atoms with Gasteiger partial charge in [-0.05, 0) is 36.6 Å². The first kappa shape index (κ1) is 12.4. The molecule has 0 saturated heterocycles. The molecule has 2 aromatic rings. The van der Waals surface area contributed by atoms with Crippen molar-refractivity contribution < 1.29 is 9.90 Å². The number of amides is 1. The number of benzene rings is 2. The highest BCUT2D eigenvalue weighted by Crippen LogP contribution is 2.21. The summed E-state index contributed by atoms with van der Waals surface area (Å²) in [6.45, 7) is 0. The minimum Gasteiger partial charge on any atom is -0.508 e. The molecule has 0 spiro atoms. The fraction of sp³-hybridized carbons (Fsp3) is 0.125. The van der Waals surface area contributed by atoms with E-state index in [0.29, 0.717) is 5.56 Å². The molecule has 20 heavy (non-hydrogen) atoms. The normalized spacial score (nSPS) is 15.1. The van der Waals surface area contributed by atoms with Gasteiger partial charge in [-0.3, -0.25) is 4.79 Å². The molecule has 0 radical (unpaired) electrons. The van der Waals surface area contributed by atoms with Gasteiger partial charge in [0.2, 0.25) is 0 Å². The lowest BCUT2D eigenvalue weighted by molar-refractivity contribution is 0.0954. The van der Waals surface area contributed by atoms with Gasteiger partial charge in [0.15, 0.2) is 0 Å². The number of phenols is 1. The van der Waals surface area contributed by atoms with Gasteiger partial charge < -0.3 is 5.11 Å². The van der Waals surface area contributed by atoms with Crippen LogP contribution in [-0.2, 0) is 6.42 Å². The Hall–Kier alpha value is -2.62. The van der Waals surface area contributed by atoms with Gasteiger partial charge in [0.1, 0.15) is 5.75 Å². The second kappa shape index (κ2) is 5.17. The van der Waals surface area contributed by atoms with Gasteiger partial charge in [0.05, 0.1) is 5.71 Å². The predicted molar refractivity (Wildman–Crippen MR) is 76.9 cm³/mol. The fourth-order valence-corrected chi connectivity index (χ4v) is 2.35. The zero-order valence-electron chi connectivity index (χ0n) is 10.8. The second-order valence-corrected chi connectivity index (χ2v) is 4.71. The maximum absolute atomic E-state index is 11.9. The van der Waals surface area contributed by atoms with Crippen molar-refractivity contribution in [3.8, 4) is 5.75 Å². The van der Waals surface area contributed by atoms with Gasteiger partial charge in [-0.25, -0.2) is 5.43 Å². The first-order valence-electron chi connectivity index (χ1n) is 6.48. The Kier molecular flexibility index (Phi) is 3.21. The summed E-state index contributed by atoms with van der Waals surface area (Å²) < 4.78 is 0. The minimum absolute atomic E-state index is 0.0662. The summed E-state index contributed by atoms with van der Waals surface area (Å²) in [6, 6.07) is 14.3. The van der Waals surface area contributed by atoms with E-state index in [2.05, 4.69) is 16.6 Å². The van der Waals surface area contributed by atoms with Crippen molar-refractivity contribution in [3.63, 3.8) is 0 Å². The van der Waals surface area contributed by atoms with Gasteiger partial charge in [-0.1, -0.05) is 30.3 Å². The van der Waals surface area contributed by atoms with Crippen molar-refractivity contribution in [1.29, 1.82) is 0 Å². The summed E-state index contributed by atoms with van der Waals surface area (Å²) in [6.07, 6.45) is 1.79. The van der Waals surface area contributed by atoms with E-state index in [-0.39, 0.29) is 11.7 Å². The monoisotopic (exact) mass is 266 g/mol. The number of hydrazone groups is 1. The number of hydrogen-bond donors (Lipinski definition) is 2. The molecule has 1 aliphatic carbocycles. The molecular weight excluding hydrogens is 252 g/mol. The van der Waals surface area contributed by atoms with E-state index in [1.165, 1.54) is 17.7 Å². The average Bonchev–Trinajstić information content (AvgIpc) is 2.88. The molecule has 0 unspecified atom stereocenters. The lowest BCUT2D eigenvalue weighted by Gasteiger charge is -2.03. The molecule has 3 rings (SSSR count). The zero-order valence-corrected chi connectivity index (χ0v) is 10.8. The third-order valence-corrected chi connectivity index (χ3v) is 3.36. The predicted octanol–water partition coefficient (Wildman–Crippen LogP) is 2.47. The van der Waals surface area contributed by atoms with Crippen LogP contribution < -0.4 is 5.43 Å². The third-order valence-electron chi connectivity index (χ3n) is 3.36. The van der Waals surface area contributed by atoms with Crippen LogP contribution in [0.3, 0.4) is 0 Å².